The lowest BCUT2D eigenvalue weighted by molar-refractivity contribution is -0.141. The Bertz CT molecular complexity index is 290. The Morgan fingerprint density at radius 3 is 2.53 bits per heavy atom. The van der Waals surface area contributed by atoms with Crippen LogP contribution in [-0.4, -0.2) is 75.2 Å². The highest BCUT2D eigenvalue weighted by molar-refractivity contribution is 5.76. The van der Waals surface area contributed by atoms with Crippen molar-refractivity contribution in [3.63, 3.8) is 0 Å². The highest BCUT2D eigenvalue weighted by Crippen LogP contribution is 2.03. The van der Waals surface area contributed by atoms with E-state index < -0.39 is 0 Å². The standard InChI is InChI=1S/C13H24N2O4/c1-14(7-5-13(17)18-2)6-3-4-12(16)15-8-10-19-11-9-15/h3-11H2,1-2H3. The molecule has 0 spiro atoms. The average Bonchev–Trinajstić information content (AvgIpc) is 2.45. The fourth-order valence-corrected chi connectivity index (χ4v) is 1.97. The molecule has 1 amide bonds. The number of methoxy groups -OCH3 is 1. The van der Waals surface area contributed by atoms with E-state index in [-0.39, 0.29) is 11.9 Å². The summed E-state index contributed by atoms with van der Waals surface area (Å²) in [5.41, 5.74) is 0. The second kappa shape index (κ2) is 8.87. The topological polar surface area (TPSA) is 59.1 Å². The van der Waals surface area contributed by atoms with Crippen molar-refractivity contribution >= 4 is 11.9 Å². The minimum absolute atomic E-state index is 0.198. The third-order valence-corrected chi connectivity index (χ3v) is 3.22. The summed E-state index contributed by atoms with van der Waals surface area (Å²) in [6, 6.07) is 0. The Hall–Kier alpha value is -1.14. The number of morpholine rings is 1. The molecule has 110 valence electrons. The Labute approximate surface area is 114 Å². The van der Waals surface area contributed by atoms with E-state index in [2.05, 4.69) is 4.74 Å². The monoisotopic (exact) mass is 272 g/mol. The van der Waals surface area contributed by atoms with Crippen LogP contribution in [-0.2, 0) is 19.1 Å². The zero-order chi connectivity index (χ0) is 14.1. The minimum atomic E-state index is -0.198. The molecule has 0 bridgehead atoms. The van der Waals surface area contributed by atoms with Crippen molar-refractivity contribution in [1.82, 2.24) is 9.80 Å². The Kier molecular flexibility index (Phi) is 7.43. The van der Waals surface area contributed by atoms with Gasteiger partial charge in [-0.1, -0.05) is 0 Å². The number of carbonyl (C=O) groups excluding carboxylic acids is 2. The molecule has 6 heteroatoms. The predicted octanol–water partition coefficient (Wildman–Crippen LogP) is 0.120. The molecule has 0 aliphatic carbocycles. The number of carbonyl (C=O) groups is 2. The van der Waals surface area contributed by atoms with Gasteiger partial charge in [-0.2, -0.15) is 0 Å². The van der Waals surface area contributed by atoms with Crippen LogP contribution in [0.25, 0.3) is 0 Å². The lowest BCUT2D eigenvalue weighted by Crippen LogP contribution is -2.40. The van der Waals surface area contributed by atoms with Crippen molar-refractivity contribution in [3.05, 3.63) is 0 Å². The minimum Gasteiger partial charge on any atom is -0.469 e. The molecule has 1 saturated heterocycles. The number of ether oxygens (including phenoxy) is 2. The molecule has 0 unspecified atom stereocenters. The van der Waals surface area contributed by atoms with Crippen LogP contribution in [0.2, 0.25) is 0 Å². The molecule has 6 nitrogen and oxygen atoms in total. The molecule has 0 aromatic rings. The summed E-state index contributed by atoms with van der Waals surface area (Å²) >= 11 is 0. The maximum absolute atomic E-state index is 11.9. The van der Waals surface area contributed by atoms with Crippen molar-refractivity contribution < 1.29 is 19.1 Å². The molecular weight excluding hydrogens is 248 g/mol. The van der Waals surface area contributed by atoms with Crippen LogP contribution in [0.1, 0.15) is 19.3 Å². The predicted molar refractivity (Wildman–Crippen MR) is 70.8 cm³/mol. The number of nitrogens with zero attached hydrogens (tertiary/aromatic N) is 2. The third-order valence-electron chi connectivity index (χ3n) is 3.22. The van der Waals surface area contributed by atoms with E-state index in [0.717, 1.165) is 13.0 Å². The Morgan fingerprint density at radius 1 is 1.21 bits per heavy atom. The summed E-state index contributed by atoms with van der Waals surface area (Å²) in [5.74, 6) is 0.000844. The van der Waals surface area contributed by atoms with Crippen LogP contribution in [0.3, 0.4) is 0 Å². The van der Waals surface area contributed by atoms with E-state index in [1.807, 2.05) is 16.8 Å². The van der Waals surface area contributed by atoms with Gasteiger partial charge in [0, 0.05) is 26.1 Å². The summed E-state index contributed by atoms with van der Waals surface area (Å²) in [6.45, 7) is 4.18. The number of hydrogen-bond donors (Lipinski definition) is 0. The smallest absolute Gasteiger partial charge is 0.306 e. The van der Waals surface area contributed by atoms with Gasteiger partial charge in [0.25, 0.3) is 0 Å². The maximum atomic E-state index is 11.9. The van der Waals surface area contributed by atoms with E-state index in [4.69, 9.17) is 4.74 Å². The second-order valence-corrected chi connectivity index (χ2v) is 4.73. The van der Waals surface area contributed by atoms with Gasteiger partial charge in [-0.05, 0) is 20.0 Å². The zero-order valence-corrected chi connectivity index (χ0v) is 11.9. The Balaban J connectivity index is 2.08. The molecule has 0 aromatic carbocycles. The molecule has 0 saturated carbocycles. The van der Waals surface area contributed by atoms with Crippen LogP contribution >= 0.6 is 0 Å². The van der Waals surface area contributed by atoms with Crippen LogP contribution < -0.4 is 0 Å². The van der Waals surface area contributed by atoms with Gasteiger partial charge >= 0.3 is 5.97 Å². The molecule has 1 fully saturated rings. The van der Waals surface area contributed by atoms with Gasteiger partial charge in [-0.3, -0.25) is 9.59 Å². The fraction of sp³-hybridized carbons (Fsp3) is 0.846. The SMILES string of the molecule is COC(=O)CCN(C)CCCC(=O)N1CCOCC1. The molecule has 19 heavy (non-hydrogen) atoms. The van der Waals surface area contributed by atoms with Crippen LogP contribution in [0, 0.1) is 0 Å². The third kappa shape index (κ3) is 6.54. The van der Waals surface area contributed by atoms with Crippen molar-refractivity contribution in [3.8, 4) is 0 Å². The van der Waals surface area contributed by atoms with Gasteiger partial charge in [0.1, 0.15) is 0 Å². The fourth-order valence-electron chi connectivity index (χ4n) is 1.97. The lowest BCUT2D eigenvalue weighted by atomic mass is 10.2. The van der Waals surface area contributed by atoms with Gasteiger partial charge in [-0.25, -0.2) is 0 Å². The van der Waals surface area contributed by atoms with Gasteiger partial charge in [0.2, 0.25) is 5.91 Å². The van der Waals surface area contributed by atoms with Gasteiger partial charge < -0.3 is 19.3 Å². The Morgan fingerprint density at radius 2 is 1.89 bits per heavy atom. The second-order valence-electron chi connectivity index (χ2n) is 4.73. The molecule has 1 rings (SSSR count). The first-order valence-corrected chi connectivity index (χ1v) is 6.74. The summed E-state index contributed by atoms with van der Waals surface area (Å²) < 4.78 is 9.80. The van der Waals surface area contributed by atoms with Gasteiger partial charge in [0.15, 0.2) is 0 Å². The average molecular weight is 272 g/mol. The van der Waals surface area contributed by atoms with E-state index in [1.165, 1.54) is 7.11 Å². The zero-order valence-electron chi connectivity index (χ0n) is 11.9. The van der Waals surface area contributed by atoms with E-state index in [0.29, 0.717) is 45.7 Å². The molecule has 1 heterocycles. The van der Waals surface area contributed by atoms with Gasteiger partial charge in [0.05, 0.1) is 26.7 Å². The molecule has 0 atom stereocenters. The van der Waals surface area contributed by atoms with Crippen molar-refractivity contribution in [2.75, 3.05) is 53.6 Å². The van der Waals surface area contributed by atoms with E-state index in [9.17, 15) is 9.59 Å². The van der Waals surface area contributed by atoms with Crippen molar-refractivity contribution in [2.45, 2.75) is 19.3 Å². The molecule has 1 aliphatic heterocycles. The van der Waals surface area contributed by atoms with Gasteiger partial charge in [-0.15, -0.1) is 0 Å². The molecule has 0 radical (unpaired) electrons. The van der Waals surface area contributed by atoms with Crippen molar-refractivity contribution in [2.24, 2.45) is 0 Å². The first-order chi connectivity index (χ1) is 9.13. The lowest BCUT2D eigenvalue weighted by Gasteiger charge is -2.27. The summed E-state index contributed by atoms with van der Waals surface area (Å²) in [4.78, 5) is 26.8. The number of hydrogen-bond acceptors (Lipinski definition) is 5. The normalized spacial score (nSPS) is 15.6. The molecule has 0 aromatic heterocycles. The number of amides is 1. The first kappa shape index (κ1) is 15.9. The van der Waals surface area contributed by atoms with Crippen LogP contribution in [0.5, 0.6) is 0 Å². The van der Waals surface area contributed by atoms with Crippen LogP contribution in [0.15, 0.2) is 0 Å². The largest absolute Gasteiger partial charge is 0.469 e. The van der Waals surface area contributed by atoms with E-state index in [1.54, 1.807) is 0 Å². The van der Waals surface area contributed by atoms with Crippen molar-refractivity contribution in [1.29, 1.82) is 0 Å². The summed E-state index contributed by atoms with van der Waals surface area (Å²) in [5, 5.41) is 0. The number of rotatable bonds is 7. The maximum Gasteiger partial charge on any atom is 0.306 e. The molecule has 0 N–H and O–H groups in total. The molecular formula is C13H24N2O4. The highest BCUT2D eigenvalue weighted by atomic mass is 16.5. The first-order valence-electron chi connectivity index (χ1n) is 6.74. The quantitative estimate of drug-likeness (QED) is 0.616. The summed E-state index contributed by atoms with van der Waals surface area (Å²) in [7, 11) is 3.34. The summed E-state index contributed by atoms with van der Waals surface area (Å²) in [6.07, 6.45) is 1.76. The van der Waals surface area contributed by atoms with E-state index >= 15 is 0 Å². The number of esters is 1. The van der Waals surface area contributed by atoms with Crippen LogP contribution in [0.4, 0.5) is 0 Å². The molecule has 1 aliphatic rings. The highest BCUT2D eigenvalue weighted by Gasteiger charge is 2.16.